The summed E-state index contributed by atoms with van der Waals surface area (Å²) in [6, 6.07) is 170. The highest BCUT2D eigenvalue weighted by molar-refractivity contribution is 9.10. The number of furan rings is 3. The topological polar surface area (TPSA) is 80.7 Å². The second-order valence-corrected chi connectivity index (χ2v) is 35.7. The maximum Gasteiger partial charge on any atom is 0.137 e. The fourth-order valence-corrected chi connectivity index (χ4v) is 21.8. The maximum atomic E-state index is 6.64. The van der Waals surface area contributed by atoms with Gasteiger partial charge in [-0.25, -0.2) is 0 Å². The monoisotopic (exact) mass is 1830 g/mol. The molecule has 0 saturated carbocycles. The summed E-state index contributed by atoms with van der Waals surface area (Å²) in [6.45, 7) is 0. The number of nitrogen functional groups attached to an aromatic ring is 1. The van der Waals surface area contributed by atoms with Gasteiger partial charge in [-0.3, -0.25) is 0 Å². The van der Waals surface area contributed by atoms with Crippen molar-refractivity contribution < 1.29 is 13.3 Å². The molecule has 3 aromatic heterocycles. The number of benzene rings is 20. The second kappa shape index (κ2) is 35.4. The first-order valence-corrected chi connectivity index (χ1v) is 46.4. The van der Waals surface area contributed by atoms with Gasteiger partial charge in [0.2, 0.25) is 0 Å². The zero-order chi connectivity index (χ0) is 89.6. The molecule has 0 amide bonds. The lowest BCUT2D eigenvalue weighted by atomic mass is 9.68. The number of halogens is 4. The standard InChI is InChI=1S/C43H28ClNO.C37H25NO.C25H17Br.C12H9NO.C6H4Cl2/c44-31-17-11-18-32(27-31)45(39-22-12-24-41-42(39)35-20-8-10-23-40(35)46-41)33-25-26-38-36(28-33)34-19-7-9-21-37(34)43(38,29-13-3-1-4-14-29)30-15-5-2-6-16-30;1-3-12-25(13-4-1)37(26-14-5-2-6-15-26)31-18-9-7-16-28(31)30-24-27(22-23-32(30)37)38-33-19-11-21-35-36(33)29-17-8-10-20-34(29)39-35;26-20-15-16-24-22(17-20)21-13-7-8-14-23(21)25(24,18-9-3-1-4-10-18)19-11-5-2-6-12-19;13-9-5-3-7-11-12(9)8-4-1-2-6-10(8)14-11;7-5-2-1-3-6(8)4-5/h1-28H;1-24,38H;1-17H;1-7H,13H2;1-4H. The molecule has 0 fully saturated rings. The molecule has 3 aliphatic rings. The van der Waals surface area contributed by atoms with Crippen LogP contribution in [0.1, 0.15) is 66.8 Å². The third-order valence-electron chi connectivity index (χ3n) is 26.2. The average molecular weight is 1840 g/mol. The Bertz CT molecular complexity index is 8130. The predicted octanol–water partition coefficient (Wildman–Crippen LogP) is 34.7. The first kappa shape index (κ1) is 83.2. The lowest BCUT2D eigenvalue weighted by Crippen LogP contribution is -2.28. The Balaban J connectivity index is 0.000000106. The van der Waals surface area contributed by atoms with Gasteiger partial charge in [0.1, 0.15) is 33.5 Å². The van der Waals surface area contributed by atoms with Gasteiger partial charge in [0.05, 0.1) is 43.8 Å². The van der Waals surface area contributed by atoms with Gasteiger partial charge in [-0.15, -0.1) is 0 Å². The number of nitrogens with two attached hydrogens (primary N) is 1. The van der Waals surface area contributed by atoms with Crippen molar-refractivity contribution in [2.75, 3.05) is 16.0 Å². The molecule has 26 rings (SSSR count). The molecule has 3 heterocycles. The molecule has 20 aromatic carbocycles. The molecule has 6 nitrogen and oxygen atoms in total. The largest absolute Gasteiger partial charge is 0.456 e. The summed E-state index contributed by atoms with van der Waals surface area (Å²) in [6.07, 6.45) is 0. The summed E-state index contributed by atoms with van der Waals surface area (Å²) >= 11 is 21.4. The normalized spacial score (nSPS) is 12.9. The van der Waals surface area contributed by atoms with Crippen molar-refractivity contribution in [2.45, 2.75) is 16.2 Å². The molecule has 3 N–H and O–H groups in total. The third kappa shape index (κ3) is 14.6. The molecule has 0 saturated heterocycles. The molecular weight excluding hydrogens is 1750 g/mol. The fraction of sp³-hybridized carbons (Fsp3) is 0.0244. The van der Waals surface area contributed by atoms with Gasteiger partial charge >= 0.3 is 0 Å². The molecule has 0 unspecified atom stereocenters. The van der Waals surface area contributed by atoms with Crippen LogP contribution in [0.15, 0.2) is 503 Å². The van der Waals surface area contributed by atoms with Crippen molar-refractivity contribution >= 4 is 151 Å². The highest BCUT2D eigenvalue weighted by atomic mass is 79.9. The van der Waals surface area contributed by atoms with Crippen LogP contribution in [0, 0.1) is 0 Å². The van der Waals surface area contributed by atoms with Crippen LogP contribution in [0.2, 0.25) is 15.1 Å². The van der Waals surface area contributed by atoms with Crippen molar-refractivity contribution in [2.24, 2.45) is 0 Å². The SMILES string of the molecule is Brc1ccc2c(c1)-c1ccccc1C2(c1ccccc1)c1ccccc1.Clc1cccc(Cl)c1.Clc1cccc(N(c2ccc3c(c2)-c2ccccc2C3(c2ccccc2)c2ccccc2)c2cccc3oc4ccccc4c23)c1.Nc1cccc2oc3ccccc3c12.c1ccc(C2(c3ccccc3)c3ccccc3-c3cc(Nc4cccc5oc6ccccc6c45)ccc32)cc1. The highest BCUT2D eigenvalue weighted by Gasteiger charge is 2.49. The van der Waals surface area contributed by atoms with Crippen molar-refractivity contribution in [3.63, 3.8) is 0 Å². The van der Waals surface area contributed by atoms with E-state index in [9.17, 15) is 0 Å². The van der Waals surface area contributed by atoms with Crippen LogP contribution >= 0.6 is 50.7 Å². The maximum absolute atomic E-state index is 6.64. The van der Waals surface area contributed by atoms with E-state index in [0.29, 0.717) is 15.1 Å². The van der Waals surface area contributed by atoms with E-state index in [0.717, 1.165) is 104 Å². The van der Waals surface area contributed by atoms with Crippen LogP contribution in [0.5, 0.6) is 0 Å². The Morgan fingerprint density at radius 3 is 1.02 bits per heavy atom. The molecule has 23 aromatic rings. The second-order valence-electron chi connectivity index (χ2n) is 33.5. The van der Waals surface area contributed by atoms with Gasteiger partial charge in [-0.1, -0.05) is 409 Å². The number of nitrogens with zero attached hydrogens (tertiary/aromatic N) is 1. The summed E-state index contributed by atoms with van der Waals surface area (Å²) in [5.74, 6) is 0. The van der Waals surface area contributed by atoms with Gasteiger partial charge in [0.15, 0.2) is 0 Å². The molecule has 0 spiro atoms. The third-order valence-corrected chi connectivity index (χ3v) is 27.4. The molecule has 3 aliphatic carbocycles. The molecule has 0 bridgehead atoms. The lowest BCUT2D eigenvalue weighted by molar-refractivity contribution is 0.668. The van der Waals surface area contributed by atoms with Gasteiger partial charge < -0.3 is 29.2 Å². The van der Waals surface area contributed by atoms with E-state index >= 15 is 0 Å². The minimum absolute atomic E-state index is 0.283. The molecule has 0 atom stereocenters. The van der Waals surface area contributed by atoms with Crippen LogP contribution < -0.4 is 16.0 Å². The quantitative estimate of drug-likeness (QED) is 0.126. The van der Waals surface area contributed by atoms with Crippen molar-refractivity contribution in [3.8, 4) is 33.4 Å². The molecule has 636 valence electrons. The minimum atomic E-state index is -0.450. The predicted molar refractivity (Wildman–Crippen MR) is 558 cm³/mol. The van der Waals surface area contributed by atoms with Gasteiger partial charge in [0, 0.05) is 58.4 Å². The number of para-hydroxylation sites is 3. The van der Waals surface area contributed by atoms with Gasteiger partial charge in [0.25, 0.3) is 0 Å². The summed E-state index contributed by atoms with van der Waals surface area (Å²) in [5, 5.41) is 12.3. The van der Waals surface area contributed by atoms with Crippen LogP contribution in [-0.2, 0) is 16.2 Å². The summed E-state index contributed by atoms with van der Waals surface area (Å²) in [5.41, 5.74) is 39.1. The average Bonchev–Trinajstić information content (AvgIpc) is 1.54. The molecule has 133 heavy (non-hydrogen) atoms. The van der Waals surface area contributed by atoms with Crippen LogP contribution in [0.25, 0.3) is 99.2 Å². The zero-order valence-corrected chi connectivity index (χ0v) is 75.8. The van der Waals surface area contributed by atoms with Gasteiger partial charge in [-0.2, -0.15) is 0 Å². The van der Waals surface area contributed by atoms with Crippen LogP contribution in [0.3, 0.4) is 0 Å². The van der Waals surface area contributed by atoms with E-state index in [1.807, 2.05) is 109 Å². The molecular formula is C123H83BrCl3N3O3. The smallest absolute Gasteiger partial charge is 0.137 e. The van der Waals surface area contributed by atoms with Crippen molar-refractivity contribution in [3.05, 3.63) is 572 Å². The number of fused-ring (bicyclic) bond motifs is 18. The van der Waals surface area contributed by atoms with E-state index < -0.39 is 5.41 Å². The molecule has 0 aliphatic heterocycles. The number of hydrogen-bond acceptors (Lipinski definition) is 6. The summed E-state index contributed by atoms with van der Waals surface area (Å²) < 4.78 is 19.2. The zero-order valence-electron chi connectivity index (χ0n) is 71.9. The minimum Gasteiger partial charge on any atom is -0.456 e. The highest BCUT2D eigenvalue weighted by Crippen LogP contribution is 2.61. The molecule has 0 radical (unpaired) electrons. The Morgan fingerprint density at radius 2 is 0.564 bits per heavy atom. The van der Waals surface area contributed by atoms with Crippen molar-refractivity contribution in [1.29, 1.82) is 0 Å². The Hall–Kier alpha value is -15.5. The fourth-order valence-electron chi connectivity index (χ4n) is 20.8. The number of rotatable bonds is 11. The number of nitrogens with one attached hydrogen (secondary N) is 1. The molecule has 10 heteroatoms. The summed E-state index contributed by atoms with van der Waals surface area (Å²) in [4.78, 5) is 2.31. The van der Waals surface area contributed by atoms with E-state index in [2.05, 4.69) is 384 Å². The number of hydrogen-bond donors (Lipinski definition) is 2. The Labute approximate surface area is 794 Å². The Morgan fingerprint density at radius 1 is 0.241 bits per heavy atom. The van der Waals surface area contributed by atoms with Crippen LogP contribution in [0.4, 0.5) is 34.1 Å². The van der Waals surface area contributed by atoms with E-state index in [1.54, 1.807) is 18.2 Å². The van der Waals surface area contributed by atoms with E-state index in [1.165, 1.54) is 100 Å². The van der Waals surface area contributed by atoms with Gasteiger partial charge in [-0.05, 0) is 228 Å². The summed E-state index contributed by atoms with van der Waals surface area (Å²) in [7, 11) is 0. The van der Waals surface area contributed by atoms with Crippen LogP contribution in [-0.4, -0.2) is 0 Å². The Kier molecular flexibility index (Phi) is 22.2. The number of anilines is 6. The van der Waals surface area contributed by atoms with Crippen molar-refractivity contribution in [1.82, 2.24) is 0 Å². The first-order valence-electron chi connectivity index (χ1n) is 44.5. The first-order chi connectivity index (χ1) is 65.5. The lowest BCUT2D eigenvalue weighted by Gasteiger charge is -2.34. The van der Waals surface area contributed by atoms with E-state index in [4.69, 9.17) is 53.8 Å². The van der Waals surface area contributed by atoms with E-state index in [-0.39, 0.29) is 10.8 Å².